The molecule has 1 fully saturated rings. The summed E-state index contributed by atoms with van der Waals surface area (Å²) < 4.78 is 33.3. The number of hydrogen-bond acceptors (Lipinski definition) is 6. The first-order valence-corrected chi connectivity index (χ1v) is 13.2. The number of benzene rings is 1. The first kappa shape index (κ1) is 28.4. The highest BCUT2D eigenvalue weighted by Crippen LogP contribution is 2.33. The largest absolute Gasteiger partial charge is 0.446 e. The lowest BCUT2D eigenvalue weighted by Crippen LogP contribution is -2.31. The van der Waals surface area contributed by atoms with Gasteiger partial charge >= 0.3 is 0 Å². The lowest BCUT2D eigenvalue weighted by Gasteiger charge is -2.23. The average molecular weight is 540 g/mol. The number of alkyl halides is 2. The van der Waals surface area contributed by atoms with Gasteiger partial charge in [-0.25, -0.2) is 13.8 Å². The van der Waals surface area contributed by atoms with Crippen LogP contribution in [0, 0.1) is 6.92 Å². The molecular weight excluding hydrogens is 504 g/mol. The summed E-state index contributed by atoms with van der Waals surface area (Å²) in [4.78, 5) is 36.4. The van der Waals surface area contributed by atoms with Crippen molar-refractivity contribution >= 4 is 11.8 Å². The number of carbonyl (C=O) groups excluding carboxylic acids is 2. The molecular formula is C29H35F2N5O3. The summed E-state index contributed by atoms with van der Waals surface area (Å²) in [6.45, 7) is 6.10. The first-order chi connectivity index (χ1) is 18.7. The van der Waals surface area contributed by atoms with Gasteiger partial charge in [-0.2, -0.15) is 0 Å². The molecule has 39 heavy (non-hydrogen) atoms. The van der Waals surface area contributed by atoms with Gasteiger partial charge in [-0.1, -0.05) is 0 Å². The van der Waals surface area contributed by atoms with E-state index < -0.39 is 12.3 Å². The highest BCUT2D eigenvalue weighted by Gasteiger charge is 2.34. The van der Waals surface area contributed by atoms with Gasteiger partial charge < -0.3 is 20.0 Å². The van der Waals surface area contributed by atoms with Crippen molar-refractivity contribution < 1.29 is 22.8 Å². The molecule has 1 saturated heterocycles. The van der Waals surface area contributed by atoms with E-state index in [1.807, 2.05) is 6.92 Å². The second kappa shape index (κ2) is 12.5. The number of amides is 2. The quantitative estimate of drug-likeness (QED) is 0.335. The fourth-order valence-electron chi connectivity index (χ4n) is 4.64. The fraction of sp³-hybridized carbons (Fsp3) is 0.448. The lowest BCUT2D eigenvalue weighted by molar-refractivity contribution is 0.0715. The maximum atomic E-state index is 14.1. The van der Waals surface area contributed by atoms with E-state index >= 15 is 0 Å². The van der Waals surface area contributed by atoms with E-state index in [0.717, 1.165) is 24.1 Å². The zero-order valence-electron chi connectivity index (χ0n) is 22.6. The van der Waals surface area contributed by atoms with Gasteiger partial charge in [0.15, 0.2) is 0 Å². The molecule has 0 spiro atoms. The molecule has 4 rings (SSSR count). The van der Waals surface area contributed by atoms with Crippen LogP contribution in [0.25, 0.3) is 0 Å². The second-order valence-corrected chi connectivity index (χ2v) is 10.4. The van der Waals surface area contributed by atoms with Gasteiger partial charge in [-0.15, -0.1) is 0 Å². The van der Waals surface area contributed by atoms with E-state index in [9.17, 15) is 18.4 Å². The van der Waals surface area contributed by atoms with Crippen molar-refractivity contribution in [1.29, 1.82) is 0 Å². The van der Waals surface area contributed by atoms with Gasteiger partial charge in [-0.05, 0) is 82.0 Å². The smallest absolute Gasteiger partial charge is 0.254 e. The van der Waals surface area contributed by atoms with Crippen molar-refractivity contribution in [3.05, 3.63) is 82.3 Å². The van der Waals surface area contributed by atoms with Gasteiger partial charge in [0.25, 0.3) is 11.8 Å². The van der Waals surface area contributed by atoms with Crippen molar-refractivity contribution in [2.24, 2.45) is 0 Å². The number of rotatable bonds is 11. The van der Waals surface area contributed by atoms with E-state index in [1.54, 1.807) is 23.4 Å². The number of nitrogens with one attached hydrogen (secondary N) is 2. The van der Waals surface area contributed by atoms with Crippen molar-refractivity contribution in [1.82, 2.24) is 25.5 Å². The van der Waals surface area contributed by atoms with E-state index in [4.69, 9.17) is 4.42 Å². The maximum absolute atomic E-state index is 14.1. The minimum Gasteiger partial charge on any atom is -0.446 e. The normalized spacial score (nSPS) is 15.5. The van der Waals surface area contributed by atoms with Gasteiger partial charge in [0.2, 0.25) is 5.89 Å². The van der Waals surface area contributed by atoms with Crippen molar-refractivity contribution in [3.8, 4) is 0 Å². The molecule has 1 aromatic carbocycles. The zero-order valence-corrected chi connectivity index (χ0v) is 22.6. The number of carbonyl (C=O) groups is 2. The Balaban J connectivity index is 1.31. The molecule has 10 heteroatoms. The van der Waals surface area contributed by atoms with Gasteiger partial charge in [0.05, 0.1) is 5.69 Å². The van der Waals surface area contributed by atoms with Crippen LogP contribution < -0.4 is 10.6 Å². The molecule has 2 amide bonds. The fourth-order valence-corrected chi connectivity index (χ4v) is 4.64. The van der Waals surface area contributed by atoms with E-state index in [0.29, 0.717) is 44.1 Å². The van der Waals surface area contributed by atoms with E-state index in [-0.39, 0.29) is 34.5 Å². The monoisotopic (exact) mass is 539 g/mol. The van der Waals surface area contributed by atoms with E-state index in [2.05, 4.69) is 20.6 Å². The molecule has 0 saturated carbocycles. The summed E-state index contributed by atoms with van der Waals surface area (Å²) in [5, 5.41) is 6.10. The maximum Gasteiger partial charge on any atom is 0.254 e. The molecule has 0 radical (unpaired) electrons. The molecule has 0 bridgehead atoms. The van der Waals surface area contributed by atoms with Crippen LogP contribution in [-0.4, -0.2) is 46.3 Å². The molecule has 208 valence electrons. The number of aromatic nitrogens is 2. The molecule has 2 aromatic heterocycles. The third-order valence-corrected chi connectivity index (χ3v) is 6.72. The van der Waals surface area contributed by atoms with Crippen LogP contribution >= 0.6 is 0 Å². The topological polar surface area (TPSA) is 100 Å². The molecule has 3 heterocycles. The molecule has 0 aliphatic carbocycles. The number of hydrogen-bond donors (Lipinski definition) is 2. The third-order valence-electron chi connectivity index (χ3n) is 6.72. The Morgan fingerprint density at radius 3 is 2.64 bits per heavy atom. The van der Waals surface area contributed by atoms with Gasteiger partial charge in [0.1, 0.15) is 24.6 Å². The predicted molar refractivity (Wildman–Crippen MR) is 143 cm³/mol. The number of oxazole rings is 1. The van der Waals surface area contributed by atoms with Crippen LogP contribution in [-0.2, 0) is 18.9 Å². The molecule has 1 aliphatic heterocycles. The Morgan fingerprint density at radius 2 is 1.92 bits per heavy atom. The van der Waals surface area contributed by atoms with E-state index in [1.165, 1.54) is 38.2 Å². The second-order valence-electron chi connectivity index (χ2n) is 10.4. The Kier molecular flexibility index (Phi) is 9.06. The van der Waals surface area contributed by atoms with Crippen LogP contribution in [0.1, 0.15) is 88.1 Å². The minimum absolute atomic E-state index is 0.237. The molecule has 1 aliphatic rings. The van der Waals surface area contributed by atoms with Crippen LogP contribution in [0.15, 0.2) is 47.3 Å². The minimum atomic E-state index is -1.46. The summed E-state index contributed by atoms with van der Waals surface area (Å²) in [5.41, 5.74) is 1.45. The Bertz CT molecular complexity index is 1300. The number of pyridine rings is 1. The summed E-state index contributed by atoms with van der Waals surface area (Å²) in [5.74, 6) is -0.166. The standard InChI is InChI=1S/C29H35F2N5O3/c1-19-18-39-27(35-19)25-6-4-9-36(25)28(38)23-11-20(14-30)10-22(13-23)26(37)34-8-5-7-32-15-21-12-24(17-33-16-21)29(2,3)31/h10-13,16-18,25,32H,4-9,14-15H2,1-3H3,(H,34,37). The highest BCUT2D eigenvalue weighted by atomic mass is 19.1. The summed E-state index contributed by atoms with van der Waals surface area (Å²) >= 11 is 0. The number of aryl methyl sites for hydroxylation is 1. The summed E-state index contributed by atoms with van der Waals surface area (Å²) in [6, 6.07) is 5.97. The third kappa shape index (κ3) is 7.26. The number of likely N-dealkylation sites (tertiary alicyclic amines) is 1. The Hall–Kier alpha value is -3.66. The number of halogens is 2. The first-order valence-electron chi connectivity index (χ1n) is 13.2. The summed E-state index contributed by atoms with van der Waals surface area (Å²) in [7, 11) is 0. The van der Waals surface area contributed by atoms with Crippen molar-refractivity contribution in [2.45, 2.75) is 65.0 Å². The van der Waals surface area contributed by atoms with Crippen LogP contribution in [0.2, 0.25) is 0 Å². The number of nitrogens with zero attached hydrogens (tertiary/aromatic N) is 3. The summed E-state index contributed by atoms with van der Waals surface area (Å²) in [6.07, 6.45) is 6.95. The Morgan fingerprint density at radius 1 is 1.13 bits per heavy atom. The molecule has 3 aromatic rings. The van der Waals surface area contributed by atoms with Crippen LogP contribution in [0.3, 0.4) is 0 Å². The van der Waals surface area contributed by atoms with Crippen molar-refractivity contribution in [3.63, 3.8) is 0 Å². The predicted octanol–water partition coefficient (Wildman–Crippen LogP) is 4.94. The Labute approximate surface area is 227 Å². The molecule has 2 N–H and O–H groups in total. The van der Waals surface area contributed by atoms with Crippen molar-refractivity contribution in [2.75, 3.05) is 19.6 Å². The van der Waals surface area contributed by atoms with Gasteiger partial charge in [0, 0.05) is 48.7 Å². The van der Waals surface area contributed by atoms with Crippen LogP contribution in [0.4, 0.5) is 8.78 Å². The van der Waals surface area contributed by atoms with Gasteiger partial charge in [-0.3, -0.25) is 14.6 Å². The zero-order chi connectivity index (χ0) is 28.0. The lowest BCUT2D eigenvalue weighted by atomic mass is 10.0. The SMILES string of the molecule is Cc1coc(C2CCCN2C(=O)c2cc(CF)cc(C(=O)NCCCNCc3cncc(C(C)(C)F)c3)c2)n1. The molecule has 1 atom stereocenters. The molecule has 1 unspecified atom stereocenters. The van der Waals surface area contributed by atoms with Crippen LogP contribution in [0.5, 0.6) is 0 Å². The highest BCUT2D eigenvalue weighted by molar-refractivity contribution is 6.00. The average Bonchev–Trinajstić information content (AvgIpc) is 3.58. The molecule has 8 nitrogen and oxygen atoms in total.